The van der Waals surface area contributed by atoms with Crippen molar-refractivity contribution in [2.45, 2.75) is 0 Å². The van der Waals surface area contributed by atoms with Crippen LogP contribution in [0.15, 0.2) is 36.5 Å². The number of hydrogen-bond acceptors (Lipinski definition) is 4. The Labute approximate surface area is 156 Å². The van der Waals surface area contributed by atoms with Gasteiger partial charge in [-0.05, 0) is 18.2 Å². The number of carbonyl (C=O) groups is 1. The third-order valence-electron chi connectivity index (χ3n) is 4.17. The van der Waals surface area contributed by atoms with Crippen LogP contribution in [0.4, 0.5) is 11.5 Å². The zero-order valence-electron chi connectivity index (χ0n) is 13.5. The first-order valence-corrected chi connectivity index (χ1v) is 8.76. The summed E-state index contributed by atoms with van der Waals surface area (Å²) in [6.07, 6.45) is 1.45. The molecule has 0 spiro atoms. The molecular formula is C17H19Cl2N4O2+. The minimum absolute atomic E-state index is 0.136. The smallest absolute Gasteiger partial charge is 0.280 e. The van der Waals surface area contributed by atoms with E-state index in [1.807, 2.05) is 12.1 Å². The molecule has 0 saturated carbocycles. The lowest BCUT2D eigenvalue weighted by Gasteiger charge is -2.33. The van der Waals surface area contributed by atoms with Crippen LogP contribution in [0.1, 0.15) is 0 Å². The number of phenolic OH excluding ortho intramolecular Hbond substituents is 1. The summed E-state index contributed by atoms with van der Waals surface area (Å²) >= 11 is 11.8. The molecule has 25 heavy (non-hydrogen) atoms. The third-order valence-corrected chi connectivity index (χ3v) is 4.66. The molecule has 0 atom stereocenters. The number of para-hydroxylation sites is 2. The molecule has 2 aromatic rings. The van der Waals surface area contributed by atoms with Crippen LogP contribution in [0.5, 0.6) is 5.75 Å². The van der Waals surface area contributed by atoms with Gasteiger partial charge in [-0.1, -0.05) is 35.3 Å². The molecule has 1 fully saturated rings. The predicted molar refractivity (Wildman–Crippen MR) is 98.8 cm³/mol. The molecule has 8 heteroatoms. The van der Waals surface area contributed by atoms with Crippen molar-refractivity contribution < 1.29 is 14.8 Å². The van der Waals surface area contributed by atoms with E-state index >= 15 is 0 Å². The first kappa shape index (κ1) is 17.8. The van der Waals surface area contributed by atoms with Crippen molar-refractivity contribution in [3.63, 3.8) is 0 Å². The average molecular weight is 382 g/mol. The Morgan fingerprint density at radius 3 is 2.68 bits per heavy atom. The second kappa shape index (κ2) is 7.91. The molecule has 0 unspecified atom stereocenters. The Bertz CT molecular complexity index is 764. The van der Waals surface area contributed by atoms with Gasteiger partial charge in [0.25, 0.3) is 5.91 Å². The van der Waals surface area contributed by atoms with E-state index in [4.69, 9.17) is 23.2 Å². The fraction of sp³-hybridized carbons (Fsp3) is 0.294. The molecule has 3 N–H and O–H groups in total. The number of hydrogen-bond donors (Lipinski definition) is 3. The number of aromatic hydroxyl groups is 1. The maximum atomic E-state index is 12.2. The summed E-state index contributed by atoms with van der Waals surface area (Å²) in [5.41, 5.74) is 0.836. The second-order valence-electron chi connectivity index (χ2n) is 5.93. The predicted octanol–water partition coefficient (Wildman–Crippen LogP) is 1.44. The highest BCUT2D eigenvalue weighted by molar-refractivity contribution is 6.36. The Hall–Kier alpha value is -2.02. The highest BCUT2D eigenvalue weighted by atomic mass is 35.5. The van der Waals surface area contributed by atoms with Gasteiger partial charge in [-0.2, -0.15) is 0 Å². The monoisotopic (exact) mass is 381 g/mol. The zero-order chi connectivity index (χ0) is 17.8. The SMILES string of the molecule is O=C(C[NH+]1CCN(c2ccccc2O)CC1)Nc1ncc(Cl)cc1Cl. The van der Waals surface area contributed by atoms with Gasteiger partial charge >= 0.3 is 0 Å². The van der Waals surface area contributed by atoms with E-state index in [1.54, 1.807) is 18.2 Å². The van der Waals surface area contributed by atoms with Gasteiger partial charge in [-0.15, -0.1) is 0 Å². The second-order valence-corrected chi connectivity index (χ2v) is 6.78. The maximum absolute atomic E-state index is 12.2. The third kappa shape index (κ3) is 4.54. The van der Waals surface area contributed by atoms with Crippen LogP contribution in [0.25, 0.3) is 0 Å². The Kier molecular flexibility index (Phi) is 5.63. The summed E-state index contributed by atoms with van der Waals surface area (Å²) in [6, 6.07) is 8.85. The summed E-state index contributed by atoms with van der Waals surface area (Å²) in [4.78, 5) is 19.5. The Balaban J connectivity index is 1.52. The van der Waals surface area contributed by atoms with Gasteiger partial charge in [-0.3, -0.25) is 4.79 Å². The van der Waals surface area contributed by atoms with Gasteiger partial charge in [0.2, 0.25) is 0 Å². The summed E-state index contributed by atoms with van der Waals surface area (Å²) in [5.74, 6) is 0.471. The normalized spacial score (nSPS) is 15.2. The van der Waals surface area contributed by atoms with Crippen molar-refractivity contribution in [1.29, 1.82) is 0 Å². The molecule has 6 nitrogen and oxygen atoms in total. The van der Waals surface area contributed by atoms with Crippen molar-refractivity contribution in [3.05, 3.63) is 46.6 Å². The number of carbonyl (C=O) groups excluding carboxylic acids is 1. The fourth-order valence-electron chi connectivity index (χ4n) is 2.88. The van der Waals surface area contributed by atoms with Gasteiger partial charge < -0.3 is 20.2 Å². The number of quaternary nitrogens is 1. The van der Waals surface area contributed by atoms with Gasteiger partial charge in [0.05, 0.1) is 41.9 Å². The van der Waals surface area contributed by atoms with Crippen molar-refractivity contribution in [1.82, 2.24) is 4.98 Å². The molecule has 1 aromatic carbocycles. The molecule has 0 aliphatic carbocycles. The number of anilines is 2. The topological polar surface area (TPSA) is 69.9 Å². The number of aromatic nitrogens is 1. The lowest BCUT2D eigenvalue weighted by Crippen LogP contribution is -3.15. The number of halogens is 2. The van der Waals surface area contributed by atoms with Crippen LogP contribution in [0, 0.1) is 0 Å². The minimum atomic E-state index is -0.136. The number of piperazine rings is 1. The molecule has 3 rings (SSSR count). The largest absolute Gasteiger partial charge is 0.506 e. The number of benzene rings is 1. The molecule has 1 aromatic heterocycles. The first-order chi connectivity index (χ1) is 12.0. The number of phenols is 1. The summed E-state index contributed by atoms with van der Waals surface area (Å²) in [7, 11) is 0. The number of nitrogens with one attached hydrogen (secondary N) is 2. The number of nitrogens with zero attached hydrogens (tertiary/aromatic N) is 2. The van der Waals surface area contributed by atoms with Crippen molar-refractivity contribution in [2.75, 3.05) is 42.9 Å². The van der Waals surface area contributed by atoms with Crippen molar-refractivity contribution in [2.24, 2.45) is 0 Å². The van der Waals surface area contributed by atoms with Gasteiger partial charge in [0.15, 0.2) is 12.4 Å². The quantitative estimate of drug-likeness (QED) is 0.749. The molecule has 1 aliphatic heterocycles. The highest BCUT2D eigenvalue weighted by Gasteiger charge is 2.24. The lowest BCUT2D eigenvalue weighted by molar-refractivity contribution is -0.892. The Morgan fingerprint density at radius 2 is 2.00 bits per heavy atom. The number of rotatable bonds is 4. The van der Waals surface area contributed by atoms with Gasteiger partial charge in [0.1, 0.15) is 5.75 Å². The van der Waals surface area contributed by atoms with Gasteiger partial charge in [-0.25, -0.2) is 4.98 Å². The lowest BCUT2D eigenvalue weighted by atomic mass is 10.2. The van der Waals surface area contributed by atoms with E-state index in [0.29, 0.717) is 22.4 Å². The van der Waals surface area contributed by atoms with Crippen LogP contribution in [-0.2, 0) is 4.79 Å². The van der Waals surface area contributed by atoms with E-state index in [0.717, 1.165) is 31.9 Å². The molecule has 1 aliphatic rings. The van der Waals surface area contributed by atoms with Crippen LogP contribution >= 0.6 is 23.2 Å². The number of pyridine rings is 1. The van der Waals surface area contributed by atoms with Crippen molar-refractivity contribution in [3.8, 4) is 5.75 Å². The molecule has 1 amide bonds. The molecule has 2 heterocycles. The summed E-state index contributed by atoms with van der Waals surface area (Å²) in [5, 5.41) is 13.4. The number of amides is 1. The first-order valence-electron chi connectivity index (χ1n) is 8.00. The van der Waals surface area contributed by atoms with Gasteiger partial charge in [0, 0.05) is 6.20 Å². The highest BCUT2D eigenvalue weighted by Crippen LogP contribution is 2.26. The van der Waals surface area contributed by atoms with E-state index in [1.165, 1.54) is 11.1 Å². The van der Waals surface area contributed by atoms with Crippen LogP contribution in [0.2, 0.25) is 10.0 Å². The van der Waals surface area contributed by atoms with E-state index < -0.39 is 0 Å². The van der Waals surface area contributed by atoms with E-state index in [9.17, 15) is 9.90 Å². The zero-order valence-corrected chi connectivity index (χ0v) is 15.0. The van der Waals surface area contributed by atoms with Crippen molar-refractivity contribution >= 4 is 40.6 Å². The Morgan fingerprint density at radius 1 is 1.28 bits per heavy atom. The maximum Gasteiger partial charge on any atom is 0.280 e. The van der Waals surface area contributed by atoms with Crippen LogP contribution in [-0.4, -0.2) is 48.7 Å². The average Bonchev–Trinajstić information content (AvgIpc) is 2.59. The van der Waals surface area contributed by atoms with Crippen LogP contribution in [0.3, 0.4) is 0 Å². The molecule has 132 valence electrons. The minimum Gasteiger partial charge on any atom is -0.506 e. The van der Waals surface area contributed by atoms with E-state index in [2.05, 4.69) is 15.2 Å². The van der Waals surface area contributed by atoms with Crippen LogP contribution < -0.4 is 15.1 Å². The van der Waals surface area contributed by atoms with E-state index in [-0.39, 0.29) is 11.7 Å². The molecule has 1 saturated heterocycles. The molecule has 0 radical (unpaired) electrons. The summed E-state index contributed by atoms with van der Waals surface area (Å²) in [6.45, 7) is 3.52. The molecular weight excluding hydrogens is 363 g/mol. The standard InChI is InChI=1S/C17H18Cl2N4O2/c18-12-9-13(19)17(20-10-12)21-16(25)11-22-5-7-23(8-6-22)14-3-1-2-4-15(14)24/h1-4,9-10,24H,5-8,11H2,(H,20,21,25)/p+1. The summed E-state index contributed by atoms with van der Waals surface area (Å²) < 4.78 is 0. The fourth-order valence-corrected chi connectivity index (χ4v) is 3.31. The molecule has 0 bridgehead atoms.